The first-order valence-electron chi connectivity index (χ1n) is 2.11. The van der Waals surface area contributed by atoms with Crippen LogP contribution in [0.25, 0.3) is 0 Å². The van der Waals surface area contributed by atoms with Crippen molar-refractivity contribution in [2.24, 2.45) is 0 Å². The molecule has 1 nitrogen and oxygen atoms in total. The largest absolute Gasteiger partial charge is 2.00 e. The molecule has 0 aliphatic heterocycles. The Labute approximate surface area is 90.5 Å². The van der Waals surface area contributed by atoms with Crippen LogP contribution in [0.2, 0.25) is 0 Å². The maximum absolute atomic E-state index is 10.3. The van der Waals surface area contributed by atoms with E-state index in [2.05, 4.69) is 0 Å². The van der Waals surface area contributed by atoms with Gasteiger partial charge in [-0.05, 0) is 0 Å². The second kappa shape index (κ2) is 6.69. The van der Waals surface area contributed by atoms with Crippen LogP contribution in [-0.4, -0.2) is 37.7 Å². The molecule has 0 atom stereocenters. The van der Waals surface area contributed by atoms with E-state index in [1.54, 1.807) is 12.1 Å². The third-order valence-electron chi connectivity index (χ3n) is 0.743. The fraction of sp³-hybridized carbons (Fsp3) is 0. The minimum absolute atomic E-state index is 0. The van der Waals surface area contributed by atoms with Gasteiger partial charge in [-0.25, -0.2) is 0 Å². The SMILES string of the molecule is [Ca+2].[Cl-].[O-]c1ccccc1. The molecule has 0 aliphatic rings. The summed E-state index contributed by atoms with van der Waals surface area (Å²) in [7, 11) is 0. The number of benzene rings is 1. The second-order valence-electron chi connectivity index (χ2n) is 1.31. The van der Waals surface area contributed by atoms with Gasteiger partial charge in [0.2, 0.25) is 0 Å². The zero-order chi connectivity index (χ0) is 5.11. The quantitative estimate of drug-likeness (QED) is 0.389. The summed E-state index contributed by atoms with van der Waals surface area (Å²) in [5, 5.41) is 10.3. The Morgan fingerprint density at radius 2 is 1.44 bits per heavy atom. The van der Waals surface area contributed by atoms with Gasteiger partial charge in [0.15, 0.2) is 0 Å². The molecule has 1 aromatic rings. The van der Waals surface area contributed by atoms with Gasteiger partial charge in [-0.3, -0.25) is 0 Å². The number of hydrogen-bond donors (Lipinski definition) is 0. The summed E-state index contributed by atoms with van der Waals surface area (Å²) in [5.41, 5.74) is 0. The van der Waals surface area contributed by atoms with E-state index in [-0.39, 0.29) is 55.9 Å². The van der Waals surface area contributed by atoms with E-state index in [4.69, 9.17) is 0 Å². The van der Waals surface area contributed by atoms with Gasteiger partial charge in [0, 0.05) is 0 Å². The van der Waals surface area contributed by atoms with Gasteiger partial charge >= 0.3 is 37.7 Å². The molecule has 9 heavy (non-hydrogen) atoms. The van der Waals surface area contributed by atoms with Gasteiger partial charge in [0.05, 0.1) is 0 Å². The van der Waals surface area contributed by atoms with Crippen molar-refractivity contribution >= 4 is 37.7 Å². The Morgan fingerprint density at radius 1 is 1.00 bits per heavy atom. The summed E-state index contributed by atoms with van der Waals surface area (Å²) in [6.07, 6.45) is 0. The maximum Gasteiger partial charge on any atom is 2.00 e. The molecule has 1 rings (SSSR count). The molecule has 0 saturated carbocycles. The van der Waals surface area contributed by atoms with Crippen LogP contribution in [0, 0.1) is 0 Å². The predicted octanol–water partition coefficient (Wildman–Crippen LogP) is -2.62. The van der Waals surface area contributed by atoms with E-state index in [1.807, 2.05) is 6.07 Å². The van der Waals surface area contributed by atoms with E-state index in [1.165, 1.54) is 12.1 Å². The minimum Gasteiger partial charge on any atom is -1.00 e. The minimum atomic E-state index is 0. The maximum atomic E-state index is 10.3. The number of para-hydroxylation sites is 1. The third-order valence-corrected chi connectivity index (χ3v) is 0.743. The van der Waals surface area contributed by atoms with Gasteiger partial charge in [-0.15, -0.1) is 5.75 Å². The molecule has 0 aliphatic carbocycles. The first-order valence-corrected chi connectivity index (χ1v) is 2.11. The van der Waals surface area contributed by atoms with Crippen LogP contribution in [0.1, 0.15) is 0 Å². The summed E-state index contributed by atoms with van der Waals surface area (Å²) in [5.74, 6) is 0.0718. The number of rotatable bonds is 0. The molecule has 0 unspecified atom stereocenters. The van der Waals surface area contributed by atoms with Crippen LogP contribution in [0.5, 0.6) is 5.75 Å². The number of hydrogen-bond acceptors (Lipinski definition) is 1. The molecule has 0 aromatic heterocycles. The van der Waals surface area contributed by atoms with Crippen LogP contribution < -0.4 is 17.5 Å². The van der Waals surface area contributed by atoms with Crippen molar-refractivity contribution in [3.8, 4) is 5.75 Å². The van der Waals surface area contributed by atoms with Gasteiger partial charge < -0.3 is 17.5 Å². The van der Waals surface area contributed by atoms with Crippen LogP contribution in [0.15, 0.2) is 30.3 Å². The van der Waals surface area contributed by atoms with Crippen molar-refractivity contribution in [3.05, 3.63) is 30.3 Å². The second-order valence-corrected chi connectivity index (χ2v) is 1.31. The molecule has 0 amide bonds. The molecule has 0 radical (unpaired) electrons. The summed E-state index contributed by atoms with van der Waals surface area (Å²) >= 11 is 0. The molecule has 0 fully saturated rings. The van der Waals surface area contributed by atoms with E-state index >= 15 is 0 Å². The van der Waals surface area contributed by atoms with Gasteiger partial charge in [0.1, 0.15) is 0 Å². The monoisotopic (exact) mass is 168 g/mol. The summed E-state index contributed by atoms with van der Waals surface area (Å²) in [6.45, 7) is 0. The molecule has 0 heterocycles. The first-order chi connectivity index (χ1) is 3.39. The fourth-order valence-electron chi connectivity index (χ4n) is 0.420. The van der Waals surface area contributed by atoms with E-state index in [0.29, 0.717) is 0 Å². The molecule has 0 saturated heterocycles. The van der Waals surface area contributed by atoms with Crippen molar-refractivity contribution in [1.82, 2.24) is 0 Å². The van der Waals surface area contributed by atoms with Crippen molar-refractivity contribution in [1.29, 1.82) is 0 Å². The van der Waals surface area contributed by atoms with E-state index in [0.717, 1.165) is 0 Å². The Balaban J connectivity index is 0. The van der Waals surface area contributed by atoms with Crippen LogP contribution >= 0.6 is 0 Å². The zero-order valence-corrected chi connectivity index (χ0v) is 7.84. The van der Waals surface area contributed by atoms with Crippen LogP contribution in [0.4, 0.5) is 0 Å². The summed E-state index contributed by atoms with van der Waals surface area (Å²) in [6, 6.07) is 8.33. The van der Waals surface area contributed by atoms with Crippen molar-refractivity contribution < 1.29 is 17.5 Å². The Hall–Kier alpha value is 0.570. The fourth-order valence-corrected chi connectivity index (χ4v) is 0.420. The molecule has 0 spiro atoms. The van der Waals surface area contributed by atoms with Crippen molar-refractivity contribution in [2.45, 2.75) is 0 Å². The summed E-state index contributed by atoms with van der Waals surface area (Å²) < 4.78 is 0. The van der Waals surface area contributed by atoms with Crippen molar-refractivity contribution in [3.63, 3.8) is 0 Å². The summed E-state index contributed by atoms with van der Waals surface area (Å²) in [4.78, 5) is 0. The smallest absolute Gasteiger partial charge is 1.00 e. The molecular formula is C6H5CaClO. The zero-order valence-electron chi connectivity index (χ0n) is 4.88. The molecule has 1 aromatic carbocycles. The predicted molar refractivity (Wildman–Crippen MR) is 31.6 cm³/mol. The van der Waals surface area contributed by atoms with E-state index in [9.17, 15) is 5.11 Å². The standard InChI is InChI=1S/C6H6O.Ca.ClH/c7-6-4-2-1-3-5-6;;/h1-5,7H;;1H/q;+2;/p-2. The Bertz CT molecular complexity index is 143. The molecule has 0 N–H and O–H groups in total. The van der Waals surface area contributed by atoms with Gasteiger partial charge in [0.25, 0.3) is 0 Å². The first kappa shape index (κ1) is 12.3. The Kier molecular flexibility index (Phi) is 9.11. The third kappa shape index (κ3) is 5.04. The van der Waals surface area contributed by atoms with Crippen LogP contribution in [0.3, 0.4) is 0 Å². The van der Waals surface area contributed by atoms with Gasteiger partial charge in [-0.1, -0.05) is 30.3 Å². The average molecular weight is 169 g/mol. The molecule has 44 valence electrons. The normalized spacial score (nSPS) is 6.67. The molecular weight excluding hydrogens is 164 g/mol. The Morgan fingerprint density at radius 3 is 1.67 bits per heavy atom. The van der Waals surface area contributed by atoms with Crippen LogP contribution in [-0.2, 0) is 0 Å². The van der Waals surface area contributed by atoms with E-state index < -0.39 is 0 Å². The molecule has 0 bridgehead atoms. The van der Waals surface area contributed by atoms with Gasteiger partial charge in [-0.2, -0.15) is 0 Å². The molecule has 3 heteroatoms. The topological polar surface area (TPSA) is 23.1 Å². The number of halogens is 1. The van der Waals surface area contributed by atoms with Crippen molar-refractivity contribution in [2.75, 3.05) is 0 Å². The average Bonchev–Trinajstić information content (AvgIpc) is 1.69.